The molecule has 0 N–H and O–H groups in total. The van der Waals surface area contributed by atoms with Crippen LogP contribution in [0.25, 0.3) is 11.3 Å². The Balaban J connectivity index is 1.77. The molecule has 4 nitrogen and oxygen atoms in total. The normalized spacial score (nSPS) is 12.1. The lowest BCUT2D eigenvalue weighted by molar-refractivity contribution is 0.414. The summed E-state index contributed by atoms with van der Waals surface area (Å²) in [5.74, 6) is 1.70. The highest BCUT2D eigenvalue weighted by molar-refractivity contribution is 5.81. The molecule has 0 aliphatic heterocycles. The molecule has 5 rings (SSSR count). The first-order valence-corrected chi connectivity index (χ1v) is 11.8. The predicted molar refractivity (Wildman–Crippen MR) is 137 cm³/mol. The fraction of sp³-hybridized carbons (Fsp3) is 0.300. The van der Waals surface area contributed by atoms with Crippen molar-refractivity contribution in [3.05, 3.63) is 98.7 Å². The minimum atomic E-state index is -0.0634. The van der Waals surface area contributed by atoms with E-state index in [4.69, 9.17) is 14.6 Å². The molecule has 0 bridgehead atoms. The van der Waals surface area contributed by atoms with E-state index in [1.54, 1.807) is 14.2 Å². The van der Waals surface area contributed by atoms with Gasteiger partial charge in [-0.3, -0.25) is 4.68 Å². The third-order valence-electron chi connectivity index (χ3n) is 7.72. The van der Waals surface area contributed by atoms with Gasteiger partial charge in [0, 0.05) is 17.5 Å². The number of ether oxygens (including phenoxy) is 2. The van der Waals surface area contributed by atoms with Crippen molar-refractivity contribution < 1.29 is 9.47 Å². The van der Waals surface area contributed by atoms with Crippen LogP contribution in [0.1, 0.15) is 56.2 Å². The second-order valence-corrected chi connectivity index (χ2v) is 9.34. The highest BCUT2D eigenvalue weighted by Crippen LogP contribution is 2.46. The van der Waals surface area contributed by atoms with Gasteiger partial charge in [0.1, 0.15) is 17.5 Å². The SMILES string of the molecule is COc1ccc(C(c2ccc(OC)cc2)n2nc(C)c3c2-c2c(C)c(C)c(C)c(C)c2C3)cc1. The highest BCUT2D eigenvalue weighted by Gasteiger charge is 2.33. The second-order valence-electron chi connectivity index (χ2n) is 9.34. The molecule has 0 unspecified atom stereocenters. The molecule has 1 aliphatic rings. The van der Waals surface area contributed by atoms with E-state index in [1.165, 1.54) is 55.8 Å². The van der Waals surface area contributed by atoms with Crippen molar-refractivity contribution >= 4 is 0 Å². The first kappa shape index (κ1) is 22.3. The Hall–Kier alpha value is -3.53. The average molecular weight is 453 g/mol. The van der Waals surface area contributed by atoms with E-state index in [1.807, 2.05) is 24.3 Å². The number of aromatic nitrogens is 2. The lowest BCUT2D eigenvalue weighted by Crippen LogP contribution is -2.16. The van der Waals surface area contributed by atoms with E-state index in [9.17, 15) is 0 Å². The maximum absolute atomic E-state index is 5.43. The molecule has 0 spiro atoms. The summed E-state index contributed by atoms with van der Waals surface area (Å²) in [6, 6.07) is 16.6. The Kier molecular flexibility index (Phi) is 5.47. The van der Waals surface area contributed by atoms with E-state index < -0.39 is 0 Å². The Bertz CT molecular complexity index is 1330. The molecule has 1 aliphatic carbocycles. The minimum absolute atomic E-state index is 0.0634. The zero-order valence-electron chi connectivity index (χ0n) is 21.1. The van der Waals surface area contributed by atoms with Gasteiger partial charge in [0.25, 0.3) is 0 Å². The molecule has 0 amide bonds. The van der Waals surface area contributed by atoms with Gasteiger partial charge in [-0.1, -0.05) is 24.3 Å². The number of methoxy groups -OCH3 is 2. The number of nitrogens with zero attached hydrogens (tertiary/aromatic N) is 2. The molecule has 1 heterocycles. The fourth-order valence-electron chi connectivity index (χ4n) is 5.40. The molecule has 0 fully saturated rings. The van der Waals surface area contributed by atoms with Crippen LogP contribution in [-0.4, -0.2) is 24.0 Å². The Morgan fingerprint density at radius 2 is 1.18 bits per heavy atom. The molecule has 174 valence electrons. The average Bonchev–Trinajstić information content (AvgIpc) is 3.41. The van der Waals surface area contributed by atoms with Crippen LogP contribution in [0.15, 0.2) is 48.5 Å². The van der Waals surface area contributed by atoms with Gasteiger partial charge < -0.3 is 9.47 Å². The van der Waals surface area contributed by atoms with Crippen LogP contribution in [-0.2, 0) is 6.42 Å². The first-order chi connectivity index (χ1) is 16.3. The number of aryl methyl sites for hydroxylation is 1. The van der Waals surface area contributed by atoms with Gasteiger partial charge in [-0.15, -0.1) is 0 Å². The molecule has 0 atom stereocenters. The summed E-state index contributed by atoms with van der Waals surface area (Å²) >= 11 is 0. The van der Waals surface area contributed by atoms with Gasteiger partial charge >= 0.3 is 0 Å². The number of benzene rings is 3. The number of fused-ring (bicyclic) bond motifs is 3. The van der Waals surface area contributed by atoms with Crippen molar-refractivity contribution in [2.24, 2.45) is 0 Å². The van der Waals surface area contributed by atoms with E-state index >= 15 is 0 Å². The standard InChI is InChI=1S/C30H32N2O2/c1-17-18(2)20(4)28-26(19(17)3)16-27-21(5)31-32(30(27)28)29(22-8-12-24(33-6)13-9-22)23-10-14-25(34-7)15-11-23/h8-15,29H,16H2,1-7H3. The van der Waals surface area contributed by atoms with E-state index in [-0.39, 0.29) is 6.04 Å². The molecular weight excluding hydrogens is 420 g/mol. The topological polar surface area (TPSA) is 36.3 Å². The van der Waals surface area contributed by atoms with Crippen LogP contribution in [0.3, 0.4) is 0 Å². The summed E-state index contributed by atoms with van der Waals surface area (Å²) in [5, 5.41) is 5.15. The number of rotatable bonds is 5. The van der Waals surface area contributed by atoms with Gasteiger partial charge in [0.15, 0.2) is 0 Å². The van der Waals surface area contributed by atoms with Crippen molar-refractivity contribution in [2.75, 3.05) is 14.2 Å². The first-order valence-electron chi connectivity index (χ1n) is 11.8. The van der Waals surface area contributed by atoms with Crippen LogP contribution >= 0.6 is 0 Å². The summed E-state index contributed by atoms with van der Waals surface area (Å²) in [4.78, 5) is 0. The van der Waals surface area contributed by atoms with Crippen molar-refractivity contribution in [1.82, 2.24) is 9.78 Å². The second kappa shape index (κ2) is 8.35. The van der Waals surface area contributed by atoms with Crippen LogP contribution in [0, 0.1) is 34.6 Å². The van der Waals surface area contributed by atoms with Gasteiger partial charge in [0.05, 0.1) is 25.6 Å². The summed E-state index contributed by atoms with van der Waals surface area (Å²) in [7, 11) is 3.40. The zero-order valence-corrected chi connectivity index (χ0v) is 21.1. The molecule has 0 saturated carbocycles. The minimum Gasteiger partial charge on any atom is -0.497 e. The quantitative estimate of drug-likeness (QED) is 0.299. The van der Waals surface area contributed by atoms with Gasteiger partial charge in [-0.05, 0) is 97.8 Å². The molecule has 0 radical (unpaired) electrons. The molecular formula is C30H32N2O2. The zero-order chi connectivity index (χ0) is 24.1. The molecule has 1 aromatic heterocycles. The van der Waals surface area contributed by atoms with E-state index in [0.29, 0.717) is 0 Å². The highest BCUT2D eigenvalue weighted by atomic mass is 16.5. The third-order valence-corrected chi connectivity index (χ3v) is 7.72. The maximum atomic E-state index is 5.43. The monoisotopic (exact) mass is 452 g/mol. The van der Waals surface area contributed by atoms with Crippen molar-refractivity contribution in [2.45, 2.75) is 47.1 Å². The largest absolute Gasteiger partial charge is 0.497 e. The Morgan fingerprint density at radius 1 is 0.676 bits per heavy atom. The lowest BCUT2D eigenvalue weighted by Gasteiger charge is -2.23. The molecule has 4 heteroatoms. The van der Waals surface area contributed by atoms with Gasteiger partial charge in [0.2, 0.25) is 0 Å². The maximum Gasteiger partial charge on any atom is 0.118 e. The van der Waals surface area contributed by atoms with E-state index in [0.717, 1.165) is 23.6 Å². The van der Waals surface area contributed by atoms with Crippen LogP contribution < -0.4 is 9.47 Å². The number of hydrogen-bond acceptors (Lipinski definition) is 3. The van der Waals surface area contributed by atoms with Crippen LogP contribution in [0.4, 0.5) is 0 Å². The molecule has 34 heavy (non-hydrogen) atoms. The third kappa shape index (κ3) is 3.32. The summed E-state index contributed by atoms with van der Waals surface area (Å²) in [5.41, 5.74) is 14.4. The smallest absolute Gasteiger partial charge is 0.118 e. The Morgan fingerprint density at radius 3 is 1.68 bits per heavy atom. The van der Waals surface area contributed by atoms with Crippen LogP contribution in [0.2, 0.25) is 0 Å². The number of hydrogen-bond donors (Lipinski definition) is 0. The fourth-order valence-corrected chi connectivity index (χ4v) is 5.40. The van der Waals surface area contributed by atoms with Gasteiger partial charge in [-0.2, -0.15) is 5.10 Å². The summed E-state index contributed by atoms with van der Waals surface area (Å²) < 4.78 is 13.1. The Labute approximate surface area is 202 Å². The van der Waals surface area contributed by atoms with Crippen molar-refractivity contribution in [1.29, 1.82) is 0 Å². The molecule has 3 aromatic carbocycles. The summed E-state index contributed by atoms with van der Waals surface area (Å²) in [6.07, 6.45) is 0.947. The molecule has 4 aromatic rings. The van der Waals surface area contributed by atoms with Gasteiger partial charge in [-0.25, -0.2) is 0 Å². The van der Waals surface area contributed by atoms with Crippen LogP contribution in [0.5, 0.6) is 11.5 Å². The van der Waals surface area contributed by atoms with Crippen molar-refractivity contribution in [3.63, 3.8) is 0 Å². The molecule has 0 saturated heterocycles. The van der Waals surface area contributed by atoms with Crippen molar-refractivity contribution in [3.8, 4) is 22.8 Å². The predicted octanol–water partition coefficient (Wildman–Crippen LogP) is 6.65. The van der Waals surface area contributed by atoms with E-state index in [2.05, 4.69) is 63.6 Å². The lowest BCUT2D eigenvalue weighted by atomic mass is 9.89. The summed E-state index contributed by atoms with van der Waals surface area (Å²) in [6.45, 7) is 11.2.